The van der Waals surface area contributed by atoms with Crippen LogP contribution >= 0.6 is 0 Å². The molecule has 3 saturated heterocycles. The fraction of sp³-hybridized carbons (Fsp3) is 0.524. The summed E-state index contributed by atoms with van der Waals surface area (Å²) in [5.41, 5.74) is 1.15. The molecule has 7 atom stereocenters. The molecule has 0 aromatic heterocycles. The van der Waals surface area contributed by atoms with Crippen molar-refractivity contribution in [3.63, 3.8) is 0 Å². The van der Waals surface area contributed by atoms with Gasteiger partial charge in [0.25, 0.3) is 5.91 Å². The number of benzene rings is 2. The predicted molar refractivity (Wildman–Crippen MR) is 205 cm³/mol. The number of aliphatic hydroxyl groups excluding tert-OH is 1. The minimum atomic E-state index is -1.27. The molecular weight excluding hydrogens is 672 g/mol. The Labute approximate surface area is 314 Å². The van der Waals surface area contributed by atoms with Crippen LogP contribution in [0.5, 0.6) is 0 Å². The standard InChI is InChI=1S/C42H56N4O7/c1-7-11-17-35(48)52-27-33(29-15-13-12-14-16-29)43-39(49)36-34-22-23-42(53-34)37(36)40(50)46(32(26-47)25-28(5)6)38(42)41(51)45(24-8-2)31-20-18-30(19-21-31)44(9-3)10-4/h7-8,12-16,18-21,28,32-34,36-38,47H,1-2,9-11,17,22-27H2,3-6H3,(H,43,49)/t32-,33+,34+,36-,37-,38+,42-/m1/s1. The molecule has 2 aromatic carbocycles. The molecule has 2 N–H and O–H groups in total. The monoisotopic (exact) mass is 728 g/mol. The Morgan fingerprint density at radius 2 is 1.74 bits per heavy atom. The number of rotatable bonds is 19. The Kier molecular flexibility index (Phi) is 13.2. The summed E-state index contributed by atoms with van der Waals surface area (Å²) in [6.45, 7) is 17.2. The number of carbonyl (C=O) groups is 4. The summed E-state index contributed by atoms with van der Waals surface area (Å²) in [5, 5.41) is 13.8. The lowest BCUT2D eigenvalue weighted by Gasteiger charge is -2.39. The van der Waals surface area contributed by atoms with Gasteiger partial charge in [0, 0.05) is 37.4 Å². The summed E-state index contributed by atoms with van der Waals surface area (Å²) in [5.74, 6) is -3.24. The highest BCUT2D eigenvalue weighted by Gasteiger charge is 2.75. The number of carbonyl (C=O) groups excluding carboxylic acids is 4. The zero-order valence-electron chi connectivity index (χ0n) is 31.6. The third kappa shape index (κ3) is 8.06. The molecule has 3 aliphatic heterocycles. The van der Waals surface area contributed by atoms with E-state index in [-0.39, 0.29) is 43.9 Å². The first-order valence-corrected chi connectivity index (χ1v) is 19.0. The summed E-state index contributed by atoms with van der Waals surface area (Å²) in [7, 11) is 0. The maximum atomic E-state index is 15.1. The average molecular weight is 729 g/mol. The van der Waals surface area contributed by atoms with Crippen molar-refractivity contribution < 1.29 is 33.8 Å². The molecule has 0 saturated carbocycles. The minimum absolute atomic E-state index is 0.0918. The van der Waals surface area contributed by atoms with Gasteiger partial charge in [0.2, 0.25) is 11.8 Å². The van der Waals surface area contributed by atoms with E-state index < -0.39 is 53.5 Å². The average Bonchev–Trinajstić information content (AvgIpc) is 3.81. The highest BCUT2D eigenvalue weighted by molar-refractivity contribution is 6.05. The van der Waals surface area contributed by atoms with Gasteiger partial charge >= 0.3 is 5.97 Å². The van der Waals surface area contributed by atoms with Crippen molar-refractivity contribution in [3.05, 3.63) is 85.5 Å². The van der Waals surface area contributed by atoms with E-state index in [4.69, 9.17) is 9.47 Å². The van der Waals surface area contributed by atoms with Gasteiger partial charge in [-0.3, -0.25) is 19.2 Å². The zero-order valence-corrected chi connectivity index (χ0v) is 31.6. The van der Waals surface area contributed by atoms with Crippen molar-refractivity contribution in [3.8, 4) is 0 Å². The van der Waals surface area contributed by atoms with Crippen LogP contribution in [0.25, 0.3) is 0 Å². The molecule has 3 aliphatic rings. The van der Waals surface area contributed by atoms with E-state index in [0.29, 0.717) is 31.4 Å². The number of ether oxygens (including phenoxy) is 2. The molecular formula is C42H56N4O7. The number of allylic oxidation sites excluding steroid dienone is 1. The van der Waals surface area contributed by atoms with E-state index >= 15 is 4.79 Å². The highest BCUT2D eigenvalue weighted by Crippen LogP contribution is 2.59. The minimum Gasteiger partial charge on any atom is -0.463 e. The highest BCUT2D eigenvalue weighted by atomic mass is 16.5. The van der Waals surface area contributed by atoms with Crippen LogP contribution in [0.3, 0.4) is 0 Å². The molecule has 0 aliphatic carbocycles. The second-order valence-corrected chi connectivity index (χ2v) is 14.7. The van der Waals surface area contributed by atoms with Crippen molar-refractivity contribution in [2.45, 2.75) is 89.6 Å². The van der Waals surface area contributed by atoms with Crippen LogP contribution in [0.1, 0.15) is 71.4 Å². The largest absolute Gasteiger partial charge is 0.463 e. The molecule has 53 heavy (non-hydrogen) atoms. The predicted octanol–water partition coefficient (Wildman–Crippen LogP) is 5.20. The maximum absolute atomic E-state index is 15.1. The van der Waals surface area contributed by atoms with Crippen molar-refractivity contribution >= 4 is 35.1 Å². The molecule has 3 fully saturated rings. The Morgan fingerprint density at radius 3 is 2.34 bits per heavy atom. The second-order valence-electron chi connectivity index (χ2n) is 14.7. The van der Waals surface area contributed by atoms with Crippen LogP contribution in [0.4, 0.5) is 11.4 Å². The van der Waals surface area contributed by atoms with Gasteiger partial charge in [0.15, 0.2) is 0 Å². The van der Waals surface area contributed by atoms with Crippen LogP contribution in [0.2, 0.25) is 0 Å². The van der Waals surface area contributed by atoms with Crippen molar-refractivity contribution in [1.29, 1.82) is 0 Å². The number of aliphatic hydroxyl groups is 1. The van der Waals surface area contributed by atoms with Gasteiger partial charge in [0.05, 0.1) is 36.6 Å². The lowest BCUT2D eigenvalue weighted by Crippen LogP contribution is -2.59. The number of amides is 3. The van der Waals surface area contributed by atoms with Gasteiger partial charge in [-0.2, -0.15) is 0 Å². The fourth-order valence-electron chi connectivity index (χ4n) is 8.56. The first-order chi connectivity index (χ1) is 25.5. The van der Waals surface area contributed by atoms with E-state index in [2.05, 4.69) is 37.2 Å². The van der Waals surface area contributed by atoms with E-state index in [1.807, 2.05) is 68.4 Å². The Morgan fingerprint density at radius 1 is 1.06 bits per heavy atom. The molecule has 286 valence electrons. The summed E-state index contributed by atoms with van der Waals surface area (Å²) in [4.78, 5) is 62.2. The summed E-state index contributed by atoms with van der Waals surface area (Å²) < 4.78 is 12.3. The van der Waals surface area contributed by atoms with E-state index in [1.54, 1.807) is 17.1 Å². The van der Waals surface area contributed by atoms with Gasteiger partial charge in [-0.1, -0.05) is 56.3 Å². The van der Waals surface area contributed by atoms with Crippen molar-refractivity contribution in [1.82, 2.24) is 10.2 Å². The number of nitrogens with zero attached hydrogens (tertiary/aromatic N) is 3. The molecule has 0 unspecified atom stereocenters. The quantitative estimate of drug-likeness (QED) is 0.149. The number of anilines is 2. The summed E-state index contributed by atoms with van der Waals surface area (Å²) >= 11 is 0. The van der Waals surface area contributed by atoms with Crippen LogP contribution < -0.4 is 15.1 Å². The summed E-state index contributed by atoms with van der Waals surface area (Å²) in [6.07, 6.45) is 4.71. The molecule has 0 radical (unpaired) electrons. The van der Waals surface area contributed by atoms with Crippen LogP contribution in [0.15, 0.2) is 79.9 Å². The van der Waals surface area contributed by atoms with Gasteiger partial charge in [-0.05, 0) is 75.3 Å². The second kappa shape index (κ2) is 17.6. The van der Waals surface area contributed by atoms with Crippen molar-refractivity contribution in [2.24, 2.45) is 17.8 Å². The smallest absolute Gasteiger partial charge is 0.306 e. The van der Waals surface area contributed by atoms with Gasteiger partial charge in [-0.15, -0.1) is 13.2 Å². The van der Waals surface area contributed by atoms with Crippen LogP contribution in [-0.2, 0) is 28.7 Å². The molecule has 11 nitrogen and oxygen atoms in total. The summed E-state index contributed by atoms with van der Waals surface area (Å²) in [6, 6.07) is 14.6. The third-order valence-electron chi connectivity index (χ3n) is 11.0. The first-order valence-electron chi connectivity index (χ1n) is 19.0. The third-order valence-corrected chi connectivity index (χ3v) is 11.0. The number of hydrogen-bond acceptors (Lipinski definition) is 8. The maximum Gasteiger partial charge on any atom is 0.306 e. The Hall–Kier alpha value is -4.48. The molecule has 11 heteroatoms. The number of esters is 1. The van der Waals surface area contributed by atoms with Crippen LogP contribution in [0, 0.1) is 17.8 Å². The molecule has 2 aromatic rings. The first kappa shape index (κ1) is 39.7. The number of hydrogen-bond donors (Lipinski definition) is 2. The molecule has 3 heterocycles. The van der Waals surface area contributed by atoms with E-state index in [9.17, 15) is 19.5 Å². The number of likely N-dealkylation sites (tertiary alicyclic amines) is 1. The Balaban J connectivity index is 1.50. The lowest BCUT2D eigenvalue weighted by atomic mass is 9.70. The molecule has 1 spiro atoms. The zero-order chi connectivity index (χ0) is 38.3. The van der Waals surface area contributed by atoms with E-state index in [1.165, 1.54) is 4.90 Å². The van der Waals surface area contributed by atoms with Crippen molar-refractivity contribution in [2.75, 3.05) is 42.6 Å². The van der Waals surface area contributed by atoms with Gasteiger partial charge < -0.3 is 34.6 Å². The van der Waals surface area contributed by atoms with Gasteiger partial charge in [0.1, 0.15) is 18.2 Å². The molecule has 3 amide bonds. The molecule has 2 bridgehead atoms. The topological polar surface area (TPSA) is 129 Å². The Bertz CT molecular complexity index is 1610. The normalized spacial score (nSPS) is 24.0. The number of fused-ring (bicyclic) bond motifs is 1. The van der Waals surface area contributed by atoms with E-state index in [0.717, 1.165) is 24.3 Å². The lowest BCUT2D eigenvalue weighted by molar-refractivity contribution is -0.146. The van der Waals surface area contributed by atoms with Crippen LogP contribution in [-0.4, -0.2) is 90.3 Å². The number of nitrogens with one attached hydrogen (secondary N) is 1. The van der Waals surface area contributed by atoms with Gasteiger partial charge in [-0.25, -0.2) is 0 Å². The fourth-order valence-corrected chi connectivity index (χ4v) is 8.56. The molecule has 5 rings (SSSR count). The SMILES string of the molecule is C=CCCC(=O)OC[C@H](NC(=O)[C@@H]1[C@@H]2CC[C@]3(O2)[C@H](C(=O)N(CC=C)c2ccc(N(CC)CC)cc2)N([C@@H](CO)CC(C)C)C(=O)[C@@H]13)c1ccccc1.